The average Bonchev–Trinajstić information content (AvgIpc) is 3.33. The lowest BCUT2D eigenvalue weighted by Gasteiger charge is -2.28. The van der Waals surface area contributed by atoms with E-state index in [9.17, 15) is 18.0 Å². The van der Waals surface area contributed by atoms with Crippen LogP contribution in [-0.2, 0) is 11.3 Å². The van der Waals surface area contributed by atoms with Crippen LogP contribution in [0.4, 0.5) is 18.0 Å². The second kappa shape index (κ2) is 7.60. The van der Waals surface area contributed by atoms with Gasteiger partial charge in [-0.3, -0.25) is 0 Å². The molecule has 7 heteroatoms. The lowest BCUT2D eigenvalue weighted by Crippen LogP contribution is -2.38. The third-order valence-electron chi connectivity index (χ3n) is 3.67. The van der Waals surface area contributed by atoms with Crippen molar-refractivity contribution < 1.29 is 27.4 Å². The molecule has 4 nitrogen and oxygen atoms in total. The van der Waals surface area contributed by atoms with Crippen molar-refractivity contribution in [2.75, 3.05) is 6.61 Å². The number of hydrogen-bond donors (Lipinski definition) is 0. The highest BCUT2D eigenvalue weighted by atomic mass is 19.4. The Morgan fingerprint density at radius 3 is 2.46 bits per heavy atom. The van der Waals surface area contributed by atoms with E-state index in [0.29, 0.717) is 5.56 Å². The van der Waals surface area contributed by atoms with Gasteiger partial charge in [-0.15, -0.1) is 0 Å². The molecule has 0 radical (unpaired) electrons. The molecule has 1 amide bonds. The van der Waals surface area contributed by atoms with Gasteiger partial charge in [0, 0.05) is 11.6 Å². The van der Waals surface area contributed by atoms with Crippen molar-refractivity contribution in [3.8, 4) is 5.75 Å². The van der Waals surface area contributed by atoms with Crippen LogP contribution in [-0.4, -0.2) is 35.4 Å². The van der Waals surface area contributed by atoms with E-state index in [1.54, 1.807) is 43.9 Å². The number of rotatable bonds is 6. The number of alkyl halides is 3. The van der Waals surface area contributed by atoms with Crippen LogP contribution < -0.4 is 4.74 Å². The van der Waals surface area contributed by atoms with Crippen LogP contribution in [0.25, 0.3) is 6.08 Å². The van der Waals surface area contributed by atoms with Crippen molar-refractivity contribution >= 4 is 12.2 Å². The molecule has 0 bridgehead atoms. The van der Waals surface area contributed by atoms with Crippen molar-refractivity contribution in [2.24, 2.45) is 0 Å². The summed E-state index contributed by atoms with van der Waals surface area (Å²) in [6.45, 7) is 7.72. The molecule has 0 atom stereocenters. The van der Waals surface area contributed by atoms with E-state index in [1.807, 2.05) is 0 Å². The Morgan fingerprint density at radius 2 is 1.96 bits per heavy atom. The number of carbonyl (C=O) groups excluding carboxylic acids is 1. The third kappa shape index (κ3) is 6.28. The maximum atomic E-state index is 12.5. The van der Waals surface area contributed by atoms with Gasteiger partial charge in [-0.25, -0.2) is 4.79 Å². The van der Waals surface area contributed by atoms with E-state index in [2.05, 4.69) is 6.58 Å². The van der Waals surface area contributed by atoms with Crippen LogP contribution in [0.5, 0.6) is 5.75 Å². The lowest BCUT2D eigenvalue weighted by atomic mass is 10.1. The molecular formula is C19H24F3NO3. The summed E-state index contributed by atoms with van der Waals surface area (Å²) < 4.78 is 47.9. The summed E-state index contributed by atoms with van der Waals surface area (Å²) in [6, 6.07) is 4.81. The molecule has 0 spiro atoms. The highest BCUT2D eigenvalue weighted by Gasteiger charge is 2.36. The maximum absolute atomic E-state index is 12.5. The molecule has 1 saturated carbocycles. The standard InChI is InChI=1S/C19H24F3NO3/c1-5-13-6-9-16(25-12-19(20,21)22)14(10-13)11-23(15-7-8-15)17(24)26-18(2,3)4/h5-6,9-10,15H,1,7-8,11-12H2,2-4H3. The largest absolute Gasteiger partial charge is 0.484 e. The molecule has 0 aliphatic heterocycles. The number of nitrogens with zero attached hydrogens (tertiary/aromatic N) is 1. The fraction of sp³-hybridized carbons (Fsp3) is 0.526. The van der Waals surface area contributed by atoms with Gasteiger partial charge in [-0.2, -0.15) is 13.2 Å². The van der Waals surface area contributed by atoms with Gasteiger partial charge in [0.25, 0.3) is 0 Å². The molecular weight excluding hydrogens is 347 g/mol. The first-order valence-corrected chi connectivity index (χ1v) is 8.43. The minimum Gasteiger partial charge on any atom is -0.484 e. The Morgan fingerprint density at radius 1 is 1.31 bits per heavy atom. The number of benzene rings is 1. The van der Waals surface area contributed by atoms with E-state index in [4.69, 9.17) is 9.47 Å². The first-order chi connectivity index (χ1) is 12.0. The normalized spacial score (nSPS) is 14.7. The Hall–Kier alpha value is -2.18. The van der Waals surface area contributed by atoms with Gasteiger partial charge < -0.3 is 14.4 Å². The summed E-state index contributed by atoms with van der Waals surface area (Å²) in [7, 11) is 0. The number of carbonyl (C=O) groups is 1. The molecule has 144 valence electrons. The van der Waals surface area contributed by atoms with Crippen LogP contribution in [0.2, 0.25) is 0 Å². The number of hydrogen-bond acceptors (Lipinski definition) is 3. The van der Waals surface area contributed by atoms with Crippen molar-refractivity contribution in [3.63, 3.8) is 0 Å². The second-order valence-electron chi connectivity index (χ2n) is 7.31. The maximum Gasteiger partial charge on any atom is 0.422 e. The average molecular weight is 371 g/mol. The molecule has 0 unspecified atom stereocenters. The molecule has 1 fully saturated rings. The lowest BCUT2D eigenvalue weighted by molar-refractivity contribution is -0.153. The first kappa shape index (κ1) is 20.1. The first-order valence-electron chi connectivity index (χ1n) is 8.43. The quantitative estimate of drug-likeness (QED) is 0.692. The molecule has 1 aromatic rings. The fourth-order valence-electron chi connectivity index (χ4n) is 2.38. The minimum absolute atomic E-state index is 0.0349. The van der Waals surface area contributed by atoms with Crippen molar-refractivity contribution in [3.05, 3.63) is 35.9 Å². The molecule has 0 N–H and O–H groups in total. The van der Waals surface area contributed by atoms with E-state index in [-0.39, 0.29) is 18.3 Å². The van der Waals surface area contributed by atoms with E-state index < -0.39 is 24.5 Å². The van der Waals surface area contributed by atoms with Gasteiger partial charge in [0.1, 0.15) is 11.4 Å². The molecule has 0 heterocycles. The van der Waals surface area contributed by atoms with Gasteiger partial charge in [-0.1, -0.05) is 18.7 Å². The Kier molecular flexibility index (Phi) is 5.88. The molecule has 1 aliphatic rings. The van der Waals surface area contributed by atoms with Crippen LogP contribution in [0, 0.1) is 0 Å². The number of halogens is 3. The van der Waals surface area contributed by atoms with Gasteiger partial charge in [0.05, 0.1) is 6.54 Å². The van der Waals surface area contributed by atoms with E-state index in [1.165, 1.54) is 6.07 Å². The van der Waals surface area contributed by atoms with Gasteiger partial charge in [0.15, 0.2) is 6.61 Å². The fourth-order valence-corrected chi connectivity index (χ4v) is 2.38. The van der Waals surface area contributed by atoms with E-state index >= 15 is 0 Å². The SMILES string of the molecule is C=Cc1ccc(OCC(F)(F)F)c(CN(C(=O)OC(C)(C)C)C2CC2)c1. The highest BCUT2D eigenvalue weighted by Crippen LogP contribution is 2.32. The monoisotopic (exact) mass is 371 g/mol. The number of ether oxygens (including phenoxy) is 2. The molecule has 1 aromatic carbocycles. The summed E-state index contributed by atoms with van der Waals surface area (Å²) in [5.74, 6) is 0.0992. The summed E-state index contributed by atoms with van der Waals surface area (Å²) in [4.78, 5) is 14.0. The van der Waals surface area contributed by atoms with Crippen LogP contribution >= 0.6 is 0 Å². The second-order valence-corrected chi connectivity index (χ2v) is 7.31. The van der Waals surface area contributed by atoms with Gasteiger partial charge in [-0.05, 0) is 51.3 Å². The van der Waals surface area contributed by atoms with Crippen molar-refractivity contribution in [1.82, 2.24) is 4.90 Å². The Labute approximate surface area is 151 Å². The zero-order valence-electron chi connectivity index (χ0n) is 15.2. The predicted octanol–water partition coefficient (Wildman–Crippen LogP) is 5.17. The molecule has 1 aliphatic carbocycles. The summed E-state index contributed by atoms with van der Waals surface area (Å²) in [6.07, 6.45) is -1.63. The number of amides is 1. The Balaban J connectivity index is 2.23. The zero-order valence-corrected chi connectivity index (χ0v) is 15.2. The van der Waals surface area contributed by atoms with Gasteiger partial charge in [0.2, 0.25) is 0 Å². The van der Waals surface area contributed by atoms with Gasteiger partial charge >= 0.3 is 12.3 Å². The summed E-state index contributed by atoms with van der Waals surface area (Å²) in [5.41, 5.74) is 0.576. The summed E-state index contributed by atoms with van der Waals surface area (Å²) >= 11 is 0. The predicted molar refractivity (Wildman–Crippen MR) is 92.9 cm³/mol. The van der Waals surface area contributed by atoms with Crippen molar-refractivity contribution in [1.29, 1.82) is 0 Å². The Bertz CT molecular complexity index is 661. The molecule has 2 rings (SSSR count). The minimum atomic E-state index is -4.43. The zero-order chi connectivity index (χ0) is 19.5. The van der Waals surface area contributed by atoms with Crippen LogP contribution in [0.1, 0.15) is 44.7 Å². The smallest absolute Gasteiger partial charge is 0.422 e. The molecule has 0 saturated heterocycles. The van der Waals surface area contributed by atoms with Crippen LogP contribution in [0.15, 0.2) is 24.8 Å². The van der Waals surface area contributed by atoms with Crippen molar-refractivity contribution in [2.45, 2.75) is 58.0 Å². The van der Waals surface area contributed by atoms with Crippen LogP contribution in [0.3, 0.4) is 0 Å². The third-order valence-corrected chi connectivity index (χ3v) is 3.67. The van der Waals surface area contributed by atoms with E-state index in [0.717, 1.165) is 18.4 Å². The highest BCUT2D eigenvalue weighted by molar-refractivity contribution is 5.69. The molecule has 26 heavy (non-hydrogen) atoms. The topological polar surface area (TPSA) is 38.8 Å². The molecule has 0 aromatic heterocycles. The summed E-state index contributed by atoms with van der Waals surface area (Å²) in [5, 5.41) is 0.